The molecule has 0 radical (unpaired) electrons. The molecule has 3 nitrogen and oxygen atoms in total. The van der Waals surface area contributed by atoms with Gasteiger partial charge in [0.25, 0.3) is 0 Å². The number of hydrogen-bond acceptors (Lipinski definition) is 3. The molecule has 2 unspecified atom stereocenters. The molecule has 16 heavy (non-hydrogen) atoms. The number of rotatable bonds is 8. The molecule has 0 aromatic rings. The SMILES string of the molecule is CCCNC(C)(C#N)CC(C)N(CC)CC. The van der Waals surface area contributed by atoms with Gasteiger partial charge in [-0.25, -0.2) is 0 Å². The van der Waals surface area contributed by atoms with E-state index in [0.29, 0.717) is 6.04 Å². The van der Waals surface area contributed by atoms with E-state index in [2.05, 4.69) is 44.0 Å². The molecule has 0 spiro atoms. The second kappa shape index (κ2) is 7.65. The van der Waals surface area contributed by atoms with Gasteiger partial charge in [-0.05, 0) is 46.3 Å². The van der Waals surface area contributed by atoms with Crippen LogP contribution in [0.2, 0.25) is 0 Å². The highest BCUT2D eigenvalue weighted by Gasteiger charge is 2.27. The topological polar surface area (TPSA) is 39.1 Å². The van der Waals surface area contributed by atoms with Gasteiger partial charge in [-0.1, -0.05) is 20.8 Å². The molecule has 0 heterocycles. The van der Waals surface area contributed by atoms with Crippen molar-refractivity contribution in [3.05, 3.63) is 0 Å². The Bertz CT molecular complexity index is 218. The molecular weight excluding hydrogens is 198 g/mol. The first-order valence-electron chi connectivity index (χ1n) is 6.43. The fourth-order valence-corrected chi connectivity index (χ4v) is 2.13. The lowest BCUT2D eigenvalue weighted by Gasteiger charge is -2.32. The van der Waals surface area contributed by atoms with Crippen LogP contribution in [0.4, 0.5) is 0 Å². The van der Waals surface area contributed by atoms with Gasteiger partial charge in [0.1, 0.15) is 5.54 Å². The molecule has 0 saturated heterocycles. The van der Waals surface area contributed by atoms with Crippen LogP contribution in [-0.4, -0.2) is 36.1 Å². The number of nitrogens with one attached hydrogen (secondary N) is 1. The van der Waals surface area contributed by atoms with E-state index in [0.717, 1.165) is 32.5 Å². The molecule has 1 N–H and O–H groups in total. The number of hydrogen-bond donors (Lipinski definition) is 1. The standard InChI is InChI=1S/C13H27N3/c1-6-9-15-13(5,11-14)10-12(4)16(7-2)8-3/h12,15H,6-10H2,1-5H3. The summed E-state index contributed by atoms with van der Waals surface area (Å²) in [4.78, 5) is 2.39. The van der Waals surface area contributed by atoms with E-state index in [1.165, 1.54) is 0 Å². The molecule has 0 saturated carbocycles. The predicted octanol–water partition coefficient (Wildman–Crippen LogP) is 2.39. The van der Waals surface area contributed by atoms with Crippen molar-refractivity contribution in [1.29, 1.82) is 5.26 Å². The summed E-state index contributed by atoms with van der Waals surface area (Å²) in [5, 5.41) is 12.6. The first-order valence-corrected chi connectivity index (χ1v) is 6.43. The lowest BCUT2D eigenvalue weighted by molar-refractivity contribution is 0.193. The van der Waals surface area contributed by atoms with Crippen molar-refractivity contribution in [2.75, 3.05) is 19.6 Å². The normalized spacial score (nSPS) is 16.8. The highest BCUT2D eigenvalue weighted by molar-refractivity contribution is 5.05. The van der Waals surface area contributed by atoms with Crippen LogP contribution in [0.25, 0.3) is 0 Å². The zero-order chi connectivity index (χ0) is 12.6. The summed E-state index contributed by atoms with van der Waals surface area (Å²) in [6.45, 7) is 13.7. The summed E-state index contributed by atoms with van der Waals surface area (Å²) < 4.78 is 0. The van der Waals surface area contributed by atoms with E-state index in [4.69, 9.17) is 0 Å². The van der Waals surface area contributed by atoms with Gasteiger partial charge >= 0.3 is 0 Å². The maximum absolute atomic E-state index is 9.26. The van der Waals surface area contributed by atoms with Crippen LogP contribution in [0.1, 0.15) is 47.5 Å². The summed E-state index contributed by atoms with van der Waals surface area (Å²) in [5.74, 6) is 0. The second-order valence-corrected chi connectivity index (χ2v) is 4.65. The zero-order valence-electron chi connectivity index (χ0n) is 11.5. The maximum Gasteiger partial charge on any atom is 0.105 e. The Morgan fingerprint density at radius 2 is 1.88 bits per heavy atom. The fourth-order valence-electron chi connectivity index (χ4n) is 2.13. The van der Waals surface area contributed by atoms with Crippen molar-refractivity contribution in [1.82, 2.24) is 10.2 Å². The summed E-state index contributed by atoms with van der Waals surface area (Å²) in [6.07, 6.45) is 1.95. The predicted molar refractivity (Wildman–Crippen MR) is 69.3 cm³/mol. The van der Waals surface area contributed by atoms with Crippen LogP contribution in [0.5, 0.6) is 0 Å². The third-order valence-corrected chi connectivity index (χ3v) is 3.15. The Labute approximate surface area is 101 Å². The molecule has 0 rings (SSSR count). The van der Waals surface area contributed by atoms with Crippen molar-refractivity contribution in [2.45, 2.75) is 59.0 Å². The van der Waals surface area contributed by atoms with Crippen molar-refractivity contribution < 1.29 is 0 Å². The van der Waals surface area contributed by atoms with Crippen LogP contribution in [0.3, 0.4) is 0 Å². The first kappa shape index (κ1) is 15.4. The average molecular weight is 225 g/mol. The Morgan fingerprint density at radius 3 is 2.25 bits per heavy atom. The Balaban J connectivity index is 4.35. The monoisotopic (exact) mass is 225 g/mol. The molecule has 0 aliphatic rings. The third-order valence-electron chi connectivity index (χ3n) is 3.15. The Kier molecular flexibility index (Phi) is 7.36. The molecule has 3 heteroatoms. The van der Waals surface area contributed by atoms with Crippen molar-refractivity contribution in [2.24, 2.45) is 0 Å². The molecular formula is C13H27N3. The largest absolute Gasteiger partial charge is 0.301 e. The molecule has 0 fully saturated rings. The number of nitriles is 1. The smallest absolute Gasteiger partial charge is 0.105 e. The second-order valence-electron chi connectivity index (χ2n) is 4.65. The van der Waals surface area contributed by atoms with Gasteiger partial charge in [-0.3, -0.25) is 5.32 Å². The molecule has 0 aromatic heterocycles. The van der Waals surface area contributed by atoms with Gasteiger partial charge in [-0.2, -0.15) is 5.26 Å². The van der Waals surface area contributed by atoms with Crippen molar-refractivity contribution >= 4 is 0 Å². The van der Waals surface area contributed by atoms with Crippen LogP contribution in [0.15, 0.2) is 0 Å². The highest BCUT2D eigenvalue weighted by atomic mass is 15.1. The Hall–Kier alpha value is -0.590. The van der Waals surface area contributed by atoms with Gasteiger partial charge in [0.2, 0.25) is 0 Å². The summed E-state index contributed by atoms with van der Waals surface area (Å²) in [5.41, 5.74) is -0.391. The van der Waals surface area contributed by atoms with E-state index in [9.17, 15) is 5.26 Å². The fraction of sp³-hybridized carbons (Fsp3) is 0.923. The third kappa shape index (κ3) is 4.96. The molecule has 94 valence electrons. The van der Waals surface area contributed by atoms with E-state index in [1.807, 2.05) is 6.92 Å². The van der Waals surface area contributed by atoms with E-state index >= 15 is 0 Å². The highest BCUT2D eigenvalue weighted by Crippen LogP contribution is 2.15. The Morgan fingerprint density at radius 1 is 1.31 bits per heavy atom. The maximum atomic E-state index is 9.26. The van der Waals surface area contributed by atoms with E-state index in [-0.39, 0.29) is 0 Å². The van der Waals surface area contributed by atoms with Gasteiger partial charge < -0.3 is 4.90 Å². The average Bonchev–Trinajstić information content (AvgIpc) is 2.28. The molecule has 0 aliphatic carbocycles. The van der Waals surface area contributed by atoms with Crippen molar-refractivity contribution in [3.63, 3.8) is 0 Å². The summed E-state index contributed by atoms with van der Waals surface area (Å²) >= 11 is 0. The minimum absolute atomic E-state index is 0.391. The minimum atomic E-state index is -0.391. The van der Waals surface area contributed by atoms with Crippen LogP contribution >= 0.6 is 0 Å². The van der Waals surface area contributed by atoms with Gasteiger partial charge in [0.15, 0.2) is 0 Å². The molecule has 0 aromatic carbocycles. The van der Waals surface area contributed by atoms with E-state index in [1.54, 1.807) is 0 Å². The minimum Gasteiger partial charge on any atom is -0.301 e. The first-order chi connectivity index (χ1) is 7.52. The lowest BCUT2D eigenvalue weighted by atomic mass is 9.94. The van der Waals surface area contributed by atoms with Gasteiger partial charge in [-0.15, -0.1) is 0 Å². The van der Waals surface area contributed by atoms with Gasteiger partial charge in [0.05, 0.1) is 6.07 Å². The molecule has 0 amide bonds. The molecule has 2 atom stereocenters. The zero-order valence-corrected chi connectivity index (χ0v) is 11.5. The van der Waals surface area contributed by atoms with Crippen LogP contribution in [-0.2, 0) is 0 Å². The summed E-state index contributed by atoms with van der Waals surface area (Å²) in [6, 6.07) is 2.86. The van der Waals surface area contributed by atoms with Gasteiger partial charge in [0, 0.05) is 6.04 Å². The number of nitrogens with zero attached hydrogens (tertiary/aromatic N) is 2. The van der Waals surface area contributed by atoms with Crippen LogP contribution < -0.4 is 5.32 Å². The summed E-state index contributed by atoms with van der Waals surface area (Å²) in [7, 11) is 0. The van der Waals surface area contributed by atoms with Crippen LogP contribution in [0, 0.1) is 11.3 Å². The molecule has 0 aliphatic heterocycles. The van der Waals surface area contributed by atoms with Crippen molar-refractivity contribution in [3.8, 4) is 6.07 Å². The molecule has 0 bridgehead atoms. The quantitative estimate of drug-likeness (QED) is 0.689. The lowest BCUT2D eigenvalue weighted by Crippen LogP contribution is -2.47. The van der Waals surface area contributed by atoms with E-state index < -0.39 is 5.54 Å².